The Labute approximate surface area is 214 Å². The van der Waals surface area contributed by atoms with Gasteiger partial charge >= 0.3 is 5.97 Å². The molecule has 0 saturated carbocycles. The zero-order valence-corrected chi connectivity index (χ0v) is 20.8. The first-order chi connectivity index (χ1) is 17.0. The number of aromatic nitrogens is 1. The molecule has 2 bridgehead atoms. The fraction of sp³-hybridized carbons (Fsp3) is 0.526. The molecule has 2 heterocycles. The van der Waals surface area contributed by atoms with Crippen molar-refractivity contribution in [1.82, 2.24) is 20.9 Å². The Hall–Kier alpha value is -3.60. The molecule has 1 aliphatic heterocycles. The number of aliphatic carboxylic acids is 1. The maximum absolute atomic E-state index is 12.8. The number of nitrogens with two attached hydrogens (primary N) is 3. The molecular formula is C19H29N9O6S2. The lowest BCUT2D eigenvalue weighted by Crippen LogP contribution is -2.55. The number of hydrogen-bond acceptors (Lipinski definition) is 10. The van der Waals surface area contributed by atoms with Crippen LogP contribution in [0.3, 0.4) is 0 Å². The number of primary amides is 1. The van der Waals surface area contributed by atoms with Gasteiger partial charge in [0.2, 0.25) is 23.6 Å². The van der Waals surface area contributed by atoms with Gasteiger partial charge in [0.25, 0.3) is 0 Å². The summed E-state index contributed by atoms with van der Waals surface area (Å²) >= 11 is 2.55. The van der Waals surface area contributed by atoms with Crippen molar-refractivity contribution in [1.29, 1.82) is 0 Å². The van der Waals surface area contributed by atoms with Crippen molar-refractivity contribution in [2.75, 3.05) is 24.2 Å². The molecule has 15 nitrogen and oxygen atoms in total. The molecule has 1 aromatic rings. The van der Waals surface area contributed by atoms with Crippen molar-refractivity contribution >= 4 is 63.8 Å². The quantitative estimate of drug-likeness (QED) is 0.0994. The summed E-state index contributed by atoms with van der Waals surface area (Å²) in [7, 11) is 0. The first-order valence-corrected chi connectivity index (χ1v) is 12.8. The van der Waals surface area contributed by atoms with E-state index in [0.717, 1.165) is 0 Å². The van der Waals surface area contributed by atoms with E-state index in [1.165, 1.54) is 23.1 Å². The van der Waals surface area contributed by atoms with Crippen LogP contribution >= 0.6 is 23.1 Å². The molecule has 0 fully saturated rings. The molecule has 0 radical (unpaired) electrons. The number of thiazole rings is 1. The van der Waals surface area contributed by atoms with Gasteiger partial charge in [0.1, 0.15) is 18.1 Å². The van der Waals surface area contributed by atoms with Crippen LogP contribution < -0.4 is 38.5 Å². The fourth-order valence-electron chi connectivity index (χ4n) is 3.03. The van der Waals surface area contributed by atoms with Gasteiger partial charge in [0, 0.05) is 23.4 Å². The van der Waals surface area contributed by atoms with Crippen molar-refractivity contribution in [2.45, 2.75) is 43.1 Å². The Morgan fingerprint density at radius 3 is 2.53 bits per heavy atom. The highest BCUT2D eigenvalue weighted by molar-refractivity contribution is 7.98. The van der Waals surface area contributed by atoms with Crippen LogP contribution in [0.1, 0.15) is 25.0 Å². The van der Waals surface area contributed by atoms with E-state index in [-0.39, 0.29) is 11.7 Å². The summed E-state index contributed by atoms with van der Waals surface area (Å²) in [5, 5.41) is 21.5. The van der Waals surface area contributed by atoms with E-state index in [9.17, 15) is 24.0 Å². The molecule has 0 saturated heterocycles. The maximum atomic E-state index is 12.8. The second kappa shape index (κ2) is 14.1. The number of rotatable bonds is 7. The Morgan fingerprint density at radius 1 is 1.11 bits per heavy atom. The average molecular weight is 544 g/mol. The first-order valence-electron chi connectivity index (χ1n) is 10.8. The van der Waals surface area contributed by atoms with Gasteiger partial charge in [-0.2, -0.15) is 11.8 Å². The van der Waals surface area contributed by atoms with Crippen LogP contribution in [0.25, 0.3) is 0 Å². The van der Waals surface area contributed by atoms with Crippen molar-refractivity contribution in [3.63, 3.8) is 0 Å². The zero-order chi connectivity index (χ0) is 26.7. The Balaban J connectivity index is 2.23. The molecule has 0 aromatic carbocycles. The molecule has 0 spiro atoms. The van der Waals surface area contributed by atoms with E-state index < -0.39 is 60.7 Å². The number of fused-ring (bicyclic) bond motifs is 2. The van der Waals surface area contributed by atoms with Gasteiger partial charge in [-0.15, -0.1) is 11.3 Å². The van der Waals surface area contributed by atoms with E-state index in [1.54, 1.807) is 5.38 Å². The predicted octanol–water partition coefficient (Wildman–Crippen LogP) is -2.73. The summed E-state index contributed by atoms with van der Waals surface area (Å²) in [6.07, 6.45) is 0.0390. The third kappa shape index (κ3) is 9.95. The molecule has 0 aliphatic carbocycles. The minimum absolute atomic E-state index is 0.0708. The van der Waals surface area contributed by atoms with Gasteiger partial charge in [0.05, 0.1) is 18.7 Å². The van der Waals surface area contributed by atoms with Crippen LogP contribution in [0.15, 0.2) is 10.4 Å². The standard InChI is InChI=1S/C19H29N9O6S2/c20-15(32)12-8-35-6-9-7-36-19(25-9)28-10(2-1-3-23-18(21)22)16(33)24-5-13(29)26-11(4-14(30)31)17(34)27-12/h7,10-12H,1-6,8H2,(H2,20,32)(H,24,33)(H,25,28)(H,26,29)(H,27,34)(H,30,31)(H4,21,22,23)/t10?,11-,12?/m0/s1. The third-order valence-corrected chi connectivity index (χ3v) is 6.65. The van der Waals surface area contributed by atoms with Crippen molar-refractivity contribution < 1.29 is 29.1 Å². The number of hydrogen-bond donors (Lipinski definition) is 8. The number of aliphatic imine (C=N–C) groups is 1. The van der Waals surface area contributed by atoms with Crippen molar-refractivity contribution in [3.05, 3.63) is 11.1 Å². The largest absolute Gasteiger partial charge is 0.481 e. The normalized spacial score (nSPS) is 21.7. The number of nitrogens with one attached hydrogen (secondary N) is 4. The first kappa shape index (κ1) is 28.6. The number of anilines is 1. The van der Waals surface area contributed by atoms with E-state index in [0.29, 0.717) is 36.0 Å². The van der Waals surface area contributed by atoms with E-state index >= 15 is 0 Å². The van der Waals surface area contributed by atoms with Crippen LogP contribution in [0.4, 0.5) is 5.13 Å². The lowest BCUT2D eigenvalue weighted by atomic mass is 10.1. The highest BCUT2D eigenvalue weighted by Crippen LogP contribution is 2.21. The number of carboxylic acid groups (broad SMARTS) is 1. The Kier molecular flexibility index (Phi) is 11.2. The number of carboxylic acids is 1. The molecule has 2 unspecified atom stereocenters. The highest BCUT2D eigenvalue weighted by Gasteiger charge is 2.28. The van der Waals surface area contributed by atoms with Crippen molar-refractivity contribution in [3.8, 4) is 0 Å². The molecule has 36 heavy (non-hydrogen) atoms. The molecule has 2 rings (SSSR count). The average Bonchev–Trinajstić information content (AvgIpc) is 3.24. The lowest BCUT2D eigenvalue weighted by Gasteiger charge is -2.21. The number of thioether (sulfide) groups is 1. The maximum Gasteiger partial charge on any atom is 0.305 e. The zero-order valence-electron chi connectivity index (χ0n) is 19.2. The van der Waals surface area contributed by atoms with Crippen LogP contribution in [0.2, 0.25) is 0 Å². The summed E-state index contributed by atoms with van der Waals surface area (Å²) < 4.78 is 0. The van der Waals surface area contributed by atoms with Crippen molar-refractivity contribution in [2.24, 2.45) is 22.2 Å². The Morgan fingerprint density at radius 2 is 1.86 bits per heavy atom. The third-order valence-electron chi connectivity index (χ3n) is 4.76. The molecular weight excluding hydrogens is 514 g/mol. The molecule has 1 aliphatic rings. The van der Waals surface area contributed by atoms with Gasteiger partial charge in [0.15, 0.2) is 11.1 Å². The number of carbonyl (C=O) groups excluding carboxylic acids is 4. The molecule has 1 aromatic heterocycles. The SMILES string of the molecule is NC(=O)C1CSCc2csc(n2)NC(CCCN=C(N)N)C(=O)NCC(=O)N[C@@H](CC(=O)O)C(=O)N1. The fourth-order valence-corrected chi connectivity index (χ4v) is 4.86. The highest BCUT2D eigenvalue weighted by atomic mass is 32.2. The summed E-state index contributed by atoms with van der Waals surface area (Å²) in [6, 6.07) is -3.35. The predicted molar refractivity (Wildman–Crippen MR) is 134 cm³/mol. The number of amides is 4. The topological polar surface area (TPSA) is 257 Å². The minimum atomic E-state index is -1.48. The smallest absolute Gasteiger partial charge is 0.305 e. The summed E-state index contributed by atoms with van der Waals surface area (Å²) in [4.78, 5) is 69.2. The minimum Gasteiger partial charge on any atom is -0.481 e. The molecule has 17 heteroatoms. The molecule has 198 valence electrons. The summed E-state index contributed by atoms with van der Waals surface area (Å²) in [6.45, 7) is -0.229. The van der Waals surface area contributed by atoms with Crippen LogP contribution in [0, 0.1) is 0 Å². The van der Waals surface area contributed by atoms with Gasteiger partial charge in [-0.1, -0.05) is 0 Å². The number of carbonyl (C=O) groups is 5. The van der Waals surface area contributed by atoms with Gasteiger partial charge < -0.3 is 43.6 Å². The van der Waals surface area contributed by atoms with E-state index in [1.807, 2.05) is 0 Å². The van der Waals surface area contributed by atoms with Gasteiger partial charge in [-0.05, 0) is 12.8 Å². The second-order valence-corrected chi connectivity index (χ2v) is 9.59. The lowest BCUT2D eigenvalue weighted by molar-refractivity contribution is -0.141. The van der Waals surface area contributed by atoms with Gasteiger partial charge in [-0.25, -0.2) is 4.98 Å². The molecule has 11 N–H and O–H groups in total. The monoisotopic (exact) mass is 543 g/mol. The van der Waals surface area contributed by atoms with E-state index in [4.69, 9.17) is 22.3 Å². The molecule has 3 atom stereocenters. The molecule has 4 amide bonds. The summed E-state index contributed by atoms with van der Waals surface area (Å²) in [5.41, 5.74) is 16.7. The van der Waals surface area contributed by atoms with Crippen LogP contribution in [0.5, 0.6) is 0 Å². The number of guanidine groups is 1. The van der Waals surface area contributed by atoms with Crippen LogP contribution in [-0.2, 0) is 29.7 Å². The van der Waals surface area contributed by atoms with E-state index in [2.05, 4.69) is 31.2 Å². The summed E-state index contributed by atoms with van der Waals surface area (Å²) in [5.74, 6) is -3.95. The second-order valence-electron chi connectivity index (χ2n) is 7.70. The Bertz CT molecular complexity index is 998. The van der Waals surface area contributed by atoms with Crippen LogP contribution in [-0.4, -0.2) is 82.6 Å². The number of nitrogens with zero attached hydrogens (tertiary/aromatic N) is 2. The van der Waals surface area contributed by atoms with Gasteiger partial charge in [-0.3, -0.25) is 29.0 Å².